The molecule has 0 spiro atoms. The molecule has 2 aromatic carbocycles. The van der Waals surface area contributed by atoms with E-state index in [1.165, 1.54) is 22.7 Å². The number of benzene rings is 2. The second-order valence-corrected chi connectivity index (χ2v) is 12.6. The van der Waals surface area contributed by atoms with Gasteiger partial charge in [-0.2, -0.15) is 26.3 Å². The van der Waals surface area contributed by atoms with Gasteiger partial charge in [0.2, 0.25) is 0 Å². The van der Waals surface area contributed by atoms with Crippen molar-refractivity contribution in [3.8, 4) is 0 Å². The minimum absolute atomic E-state index is 0. The topological polar surface area (TPSA) is 0 Å². The SMILES string of the molecule is CC1=PC2=C(C)C=C(c3ccccc3C(F)(F)F)C2=C1.CC1=PC2=C(C)C=C(c3ccccc3C(F)(F)F)C2=C1.[Cl-].[Cl-].[Zr+2]. The van der Waals surface area contributed by atoms with Gasteiger partial charge in [-0.3, -0.25) is 0 Å². The van der Waals surface area contributed by atoms with Crippen LogP contribution in [-0.4, -0.2) is 10.6 Å². The maximum atomic E-state index is 13.2. The van der Waals surface area contributed by atoms with E-state index in [0.717, 1.165) is 61.5 Å². The summed E-state index contributed by atoms with van der Waals surface area (Å²) in [6.45, 7) is 7.91. The molecule has 2 aliphatic heterocycles. The molecule has 222 valence electrons. The summed E-state index contributed by atoms with van der Waals surface area (Å²) in [6.07, 6.45) is -0.942. The number of allylic oxidation sites excluding steroid dienone is 12. The van der Waals surface area contributed by atoms with E-state index in [4.69, 9.17) is 0 Å². The Morgan fingerprint density at radius 1 is 0.488 bits per heavy atom. The molecule has 0 amide bonds. The average Bonchev–Trinajstić information content (AvgIpc) is 3.61. The molecule has 0 saturated heterocycles. The fraction of sp³-hybridized carbons (Fsp3) is 0.188. The quantitative estimate of drug-likeness (QED) is 0.303. The number of rotatable bonds is 2. The third-order valence-electron chi connectivity index (χ3n) is 6.89. The van der Waals surface area contributed by atoms with Crippen molar-refractivity contribution in [3.63, 3.8) is 0 Å². The largest absolute Gasteiger partial charge is 2.00 e. The first-order valence-corrected chi connectivity index (χ1v) is 14.3. The van der Waals surface area contributed by atoms with E-state index in [1.807, 2.05) is 52.0 Å². The Kier molecular flexibility index (Phi) is 12.3. The maximum absolute atomic E-state index is 13.2. The van der Waals surface area contributed by atoms with Crippen molar-refractivity contribution in [2.45, 2.75) is 40.0 Å². The van der Waals surface area contributed by atoms with Crippen molar-refractivity contribution in [2.75, 3.05) is 0 Å². The van der Waals surface area contributed by atoms with Crippen LogP contribution in [0.5, 0.6) is 0 Å². The van der Waals surface area contributed by atoms with Gasteiger partial charge >= 0.3 is 38.6 Å². The summed E-state index contributed by atoms with van der Waals surface area (Å²) < 4.78 is 78.9. The maximum Gasteiger partial charge on any atom is 2.00 e. The zero-order chi connectivity index (χ0) is 29.0. The van der Waals surface area contributed by atoms with Crippen molar-refractivity contribution in [2.24, 2.45) is 0 Å². The van der Waals surface area contributed by atoms with Crippen LogP contribution in [-0.2, 0) is 38.6 Å². The van der Waals surface area contributed by atoms with E-state index in [-0.39, 0.29) is 62.1 Å². The van der Waals surface area contributed by atoms with Crippen LogP contribution in [0.3, 0.4) is 0 Å². The molecule has 2 aromatic rings. The molecular weight excluding hydrogens is 722 g/mol. The number of hydrogen-bond donors (Lipinski definition) is 0. The van der Waals surface area contributed by atoms with Crippen molar-refractivity contribution < 1.29 is 77.4 Å². The molecule has 2 aliphatic carbocycles. The fourth-order valence-electron chi connectivity index (χ4n) is 5.21. The van der Waals surface area contributed by atoms with Crippen molar-refractivity contribution >= 4 is 38.1 Å². The van der Waals surface area contributed by atoms with E-state index in [2.05, 4.69) is 0 Å². The summed E-state index contributed by atoms with van der Waals surface area (Å²) in [5.41, 5.74) is 4.78. The van der Waals surface area contributed by atoms with Gasteiger partial charge in [0.25, 0.3) is 0 Å². The Morgan fingerprint density at radius 2 is 0.814 bits per heavy atom. The van der Waals surface area contributed by atoms with Crippen LogP contribution >= 0.6 is 16.4 Å². The van der Waals surface area contributed by atoms with Crippen LogP contribution in [0.4, 0.5) is 26.3 Å². The first-order chi connectivity index (χ1) is 18.8. The first-order valence-electron chi connectivity index (χ1n) is 12.5. The Hall–Kier alpha value is -1.74. The molecule has 0 fully saturated rings. The van der Waals surface area contributed by atoms with Crippen LogP contribution in [0.15, 0.2) is 106 Å². The minimum Gasteiger partial charge on any atom is -1.00 e. The van der Waals surface area contributed by atoms with Crippen molar-refractivity contribution in [3.05, 3.63) is 128 Å². The Bertz CT molecular complexity index is 1570. The van der Waals surface area contributed by atoms with Gasteiger partial charge in [0, 0.05) is 10.6 Å². The van der Waals surface area contributed by atoms with Gasteiger partial charge < -0.3 is 24.8 Å². The third kappa shape index (κ3) is 7.57. The molecule has 6 rings (SSSR count). The summed E-state index contributed by atoms with van der Waals surface area (Å²) in [7, 11) is 2.21. The average molecular weight is 747 g/mol. The van der Waals surface area contributed by atoms with Gasteiger partial charge in [-0.1, -0.05) is 52.8 Å². The molecule has 0 nitrogen and oxygen atoms in total. The van der Waals surface area contributed by atoms with Gasteiger partial charge in [0.05, 0.1) is 11.1 Å². The molecule has 43 heavy (non-hydrogen) atoms. The van der Waals surface area contributed by atoms with Gasteiger partial charge in [-0.15, -0.1) is 0 Å². The van der Waals surface area contributed by atoms with Crippen LogP contribution < -0.4 is 24.8 Å². The van der Waals surface area contributed by atoms with Crippen LogP contribution in [0.1, 0.15) is 49.9 Å². The van der Waals surface area contributed by atoms with Gasteiger partial charge in [-0.25, -0.2) is 0 Å². The minimum atomic E-state index is -4.33. The summed E-state index contributed by atoms with van der Waals surface area (Å²) in [5.74, 6) is 0. The monoisotopic (exact) mass is 744 g/mol. The molecule has 0 atom stereocenters. The Balaban J connectivity index is 0.000000281. The van der Waals surface area contributed by atoms with Crippen LogP contribution in [0.25, 0.3) is 11.1 Å². The number of hydrogen-bond acceptors (Lipinski definition) is 0. The second kappa shape index (κ2) is 14.1. The second-order valence-electron chi connectivity index (χ2n) is 9.89. The molecule has 0 N–H and O–H groups in total. The molecular formula is C32H24Cl2F6P2Zr. The van der Waals surface area contributed by atoms with Gasteiger partial charge in [-0.05, 0) is 119 Å². The standard InChI is InChI=1S/2C16H12F3P.2ClH.Zr/c2*1-9-7-12(13-8-10(2)20-15(9)13)11-5-3-4-6-14(11)16(17,18)19;;;/h2*3-8H,1-2H3;2*1H;/q;;;;+2/p-2. The Morgan fingerprint density at radius 3 is 1.14 bits per heavy atom. The van der Waals surface area contributed by atoms with E-state index >= 15 is 0 Å². The summed E-state index contributed by atoms with van der Waals surface area (Å²) >= 11 is 0. The molecule has 2 heterocycles. The molecule has 0 saturated carbocycles. The summed E-state index contributed by atoms with van der Waals surface area (Å²) in [5, 5.41) is 4.61. The summed E-state index contributed by atoms with van der Waals surface area (Å²) in [4.78, 5) is 0. The predicted octanol–water partition coefficient (Wildman–Crippen LogP) is 4.92. The number of halogens is 8. The normalized spacial score (nSPS) is 17.4. The predicted molar refractivity (Wildman–Crippen MR) is 156 cm³/mol. The van der Waals surface area contributed by atoms with Crippen LogP contribution in [0, 0.1) is 0 Å². The van der Waals surface area contributed by atoms with Crippen LogP contribution in [0.2, 0.25) is 0 Å². The first kappa shape index (κ1) is 37.5. The summed E-state index contributed by atoms with van der Waals surface area (Å²) in [6, 6.07) is 11.6. The van der Waals surface area contributed by atoms with E-state index in [0.29, 0.717) is 11.1 Å². The smallest absolute Gasteiger partial charge is 1.00 e. The molecule has 0 unspecified atom stereocenters. The van der Waals surface area contributed by atoms with Gasteiger partial charge in [0.1, 0.15) is 0 Å². The zero-order valence-electron chi connectivity index (χ0n) is 23.3. The Labute approximate surface area is 282 Å². The van der Waals surface area contributed by atoms with Crippen molar-refractivity contribution in [1.82, 2.24) is 0 Å². The van der Waals surface area contributed by atoms with E-state index in [9.17, 15) is 26.3 Å². The number of alkyl halides is 6. The molecule has 0 radical (unpaired) electrons. The third-order valence-corrected chi connectivity index (χ3v) is 9.49. The van der Waals surface area contributed by atoms with Gasteiger partial charge in [0.15, 0.2) is 0 Å². The van der Waals surface area contributed by atoms with E-state index < -0.39 is 23.5 Å². The number of fused-ring (bicyclic) bond motifs is 2. The molecule has 0 aromatic heterocycles. The van der Waals surface area contributed by atoms with Crippen molar-refractivity contribution in [1.29, 1.82) is 0 Å². The molecule has 4 aliphatic rings. The molecule has 0 bridgehead atoms. The zero-order valence-corrected chi connectivity index (χ0v) is 29.1. The fourth-order valence-corrected chi connectivity index (χ4v) is 7.39. The van der Waals surface area contributed by atoms with E-state index in [1.54, 1.807) is 24.3 Å². The molecule has 11 heteroatoms.